The Balaban J connectivity index is 2.08. The summed E-state index contributed by atoms with van der Waals surface area (Å²) in [4.78, 5) is 0. The fourth-order valence-electron chi connectivity index (χ4n) is 1.41. The van der Waals surface area contributed by atoms with Crippen LogP contribution in [0.5, 0.6) is 0 Å². The first-order valence-corrected chi connectivity index (χ1v) is 9.11. The molecule has 1 N–H and O–H groups in total. The Kier molecular flexibility index (Phi) is 4.43. The molecule has 5 nitrogen and oxygen atoms in total. The normalized spacial score (nSPS) is 11.5. The molecule has 1 aromatic heterocycles. The van der Waals surface area contributed by atoms with E-state index in [2.05, 4.69) is 14.9 Å². The molecule has 0 aliphatic heterocycles. The minimum Gasteiger partial charge on any atom is -0.257 e. The predicted molar refractivity (Wildman–Crippen MR) is 79.1 cm³/mol. The van der Waals surface area contributed by atoms with Crippen molar-refractivity contribution in [2.45, 2.75) is 17.0 Å². The van der Waals surface area contributed by atoms with Crippen molar-refractivity contribution in [3.05, 3.63) is 35.4 Å². The number of sulfonamides is 1. The predicted octanol–water partition coefficient (Wildman–Crippen LogP) is 2.51. The third kappa shape index (κ3) is 4.19. The van der Waals surface area contributed by atoms with Crippen molar-refractivity contribution in [2.75, 3.05) is 11.0 Å². The van der Waals surface area contributed by atoms with E-state index in [1.165, 1.54) is 23.1 Å². The molecule has 2 rings (SSSR count). The van der Waals surface area contributed by atoms with Crippen molar-refractivity contribution in [2.24, 2.45) is 0 Å². The Morgan fingerprint density at radius 1 is 1.26 bits per heavy atom. The highest BCUT2D eigenvalue weighted by Crippen LogP contribution is 2.24. The number of rotatable bonds is 5. The summed E-state index contributed by atoms with van der Waals surface area (Å²) >= 11 is 2.65. The highest BCUT2D eigenvalue weighted by Gasteiger charge is 2.14. The molecule has 2 aromatic rings. The van der Waals surface area contributed by atoms with Crippen molar-refractivity contribution in [1.29, 1.82) is 0 Å². The van der Waals surface area contributed by atoms with Crippen LogP contribution in [0.15, 0.2) is 28.6 Å². The second-order valence-electron chi connectivity index (χ2n) is 3.92. The number of aromatic nitrogens is 2. The number of nitrogens with one attached hydrogen (secondary N) is 1. The zero-order chi connectivity index (χ0) is 13.9. The van der Waals surface area contributed by atoms with Crippen LogP contribution in [0.2, 0.25) is 0 Å². The average Bonchev–Trinajstić information content (AvgIpc) is 2.78. The van der Waals surface area contributed by atoms with E-state index in [-0.39, 0.29) is 5.75 Å². The lowest BCUT2D eigenvalue weighted by Gasteiger charge is -2.04. The first-order chi connectivity index (χ1) is 8.98. The number of anilines is 1. The van der Waals surface area contributed by atoms with Crippen LogP contribution < -0.4 is 4.72 Å². The molecule has 0 amide bonds. The molecule has 8 heteroatoms. The number of hydrogen-bond donors (Lipinski definition) is 1. The van der Waals surface area contributed by atoms with Crippen LogP contribution in [-0.4, -0.2) is 24.9 Å². The van der Waals surface area contributed by atoms with Crippen LogP contribution >= 0.6 is 23.1 Å². The molecule has 1 aromatic carbocycles. The Bertz CT molecular complexity index is 650. The van der Waals surface area contributed by atoms with Gasteiger partial charge >= 0.3 is 0 Å². The van der Waals surface area contributed by atoms with Crippen molar-refractivity contribution < 1.29 is 8.42 Å². The van der Waals surface area contributed by atoms with Crippen molar-refractivity contribution in [3.63, 3.8) is 0 Å². The van der Waals surface area contributed by atoms with Crippen LogP contribution in [0.4, 0.5) is 5.13 Å². The van der Waals surface area contributed by atoms with E-state index >= 15 is 0 Å². The molecule has 0 aliphatic carbocycles. The van der Waals surface area contributed by atoms with Crippen LogP contribution in [-0.2, 0) is 15.8 Å². The van der Waals surface area contributed by atoms with Gasteiger partial charge in [0.15, 0.2) is 4.34 Å². The fourth-order valence-corrected chi connectivity index (χ4v) is 3.99. The second-order valence-corrected chi connectivity index (χ2v) is 7.68. The molecule has 19 heavy (non-hydrogen) atoms. The number of hydrogen-bond acceptors (Lipinski definition) is 6. The molecule has 0 aliphatic rings. The Labute approximate surface area is 120 Å². The van der Waals surface area contributed by atoms with Gasteiger partial charge in [-0.25, -0.2) is 8.42 Å². The Hall–Kier alpha value is -1.12. The third-order valence-corrected chi connectivity index (χ3v) is 5.46. The molecule has 0 fully saturated rings. The van der Waals surface area contributed by atoms with E-state index in [1.807, 2.05) is 37.4 Å². The summed E-state index contributed by atoms with van der Waals surface area (Å²) in [6.45, 7) is 1.96. The van der Waals surface area contributed by atoms with Crippen LogP contribution in [0.3, 0.4) is 0 Å². The van der Waals surface area contributed by atoms with Crippen molar-refractivity contribution in [1.82, 2.24) is 10.2 Å². The van der Waals surface area contributed by atoms with E-state index in [1.54, 1.807) is 0 Å². The maximum atomic E-state index is 12.0. The van der Waals surface area contributed by atoms with Crippen LogP contribution in [0, 0.1) is 6.92 Å². The van der Waals surface area contributed by atoms with Gasteiger partial charge in [0.25, 0.3) is 0 Å². The molecule has 0 bridgehead atoms. The molecule has 0 spiro atoms. The highest BCUT2D eigenvalue weighted by atomic mass is 32.2. The van der Waals surface area contributed by atoms with Gasteiger partial charge in [-0.1, -0.05) is 52.9 Å². The van der Waals surface area contributed by atoms with E-state index in [0.717, 1.165) is 15.5 Å². The Morgan fingerprint density at radius 2 is 1.95 bits per heavy atom. The first kappa shape index (κ1) is 14.3. The summed E-state index contributed by atoms with van der Waals surface area (Å²) < 4.78 is 27.1. The average molecular weight is 315 g/mol. The van der Waals surface area contributed by atoms with E-state index in [4.69, 9.17) is 0 Å². The zero-order valence-corrected chi connectivity index (χ0v) is 12.9. The summed E-state index contributed by atoms with van der Waals surface area (Å²) in [6, 6.07) is 7.40. The van der Waals surface area contributed by atoms with E-state index < -0.39 is 10.0 Å². The maximum Gasteiger partial charge on any atom is 0.238 e. The van der Waals surface area contributed by atoms with Crippen molar-refractivity contribution in [3.8, 4) is 0 Å². The van der Waals surface area contributed by atoms with Gasteiger partial charge in [0, 0.05) is 0 Å². The summed E-state index contributed by atoms with van der Waals surface area (Å²) in [6.07, 6.45) is 1.87. The lowest BCUT2D eigenvalue weighted by molar-refractivity contribution is 0.600. The molecule has 1 heterocycles. The highest BCUT2D eigenvalue weighted by molar-refractivity contribution is 8.00. The van der Waals surface area contributed by atoms with E-state index in [0.29, 0.717) is 5.13 Å². The van der Waals surface area contributed by atoms with Gasteiger partial charge in [-0.3, -0.25) is 4.72 Å². The summed E-state index contributed by atoms with van der Waals surface area (Å²) in [7, 11) is -3.45. The molecule has 0 saturated heterocycles. The van der Waals surface area contributed by atoms with Gasteiger partial charge in [0.05, 0.1) is 5.75 Å². The van der Waals surface area contributed by atoms with Gasteiger partial charge in [-0.15, -0.1) is 10.2 Å². The smallest absolute Gasteiger partial charge is 0.238 e. The molecule has 102 valence electrons. The van der Waals surface area contributed by atoms with Gasteiger partial charge in [-0.05, 0) is 18.7 Å². The number of thioether (sulfide) groups is 1. The van der Waals surface area contributed by atoms with Crippen molar-refractivity contribution >= 4 is 38.3 Å². The molecule has 0 radical (unpaired) electrons. The molecule has 0 atom stereocenters. The van der Waals surface area contributed by atoms with Gasteiger partial charge in [-0.2, -0.15) is 0 Å². The summed E-state index contributed by atoms with van der Waals surface area (Å²) in [5.41, 5.74) is 1.84. The lowest BCUT2D eigenvalue weighted by Crippen LogP contribution is -2.14. The SMILES string of the molecule is CSc1nnc(NS(=O)(=O)Cc2ccc(C)cc2)s1. The third-order valence-electron chi connectivity index (χ3n) is 2.30. The maximum absolute atomic E-state index is 12.0. The molecule has 0 saturated carbocycles. The topological polar surface area (TPSA) is 72.0 Å². The number of nitrogens with zero attached hydrogens (tertiary/aromatic N) is 2. The van der Waals surface area contributed by atoms with E-state index in [9.17, 15) is 8.42 Å². The first-order valence-electron chi connectivity index (χ1n) is 5.42. The molecular weight excluding hydrogens is 302 g/mol. The van der Waals surface area contributed by atoms with Crippen LogP contribution in [0.1, 0.15) is 11.1 Å². The van der Waals surface area contributed by atoms with Gasteiger partial charge in [0.2, 0.25) is 15.2 Å². The molecule has 0 unspecified atom stereocenters. The van der Waals surface area contributed by atoms with Gasteiger partial charge in [0.1, 0.15) is 0 Å². The minimum atomic E-state index is -3.45. The number of aryl methyl sites for hydroxylation is 1. The van der Waals surface area contributed by atoms with Gasteiger partial charge < -0.3 is 0 Å². The largest absolute Gasteiger partial charge is 0.257 e. The summed E-state index contributed by atoms with van der Waals surface area (Å²) in [5, 5.41) is 7.93. The zero-order valence-electron chi connectivity index (χ0n) is 10.5. The minimum absolute atomic E-state index is 0.0680. The Morgan fingerprint density at radius 3 is 2.53 bits per heavy atom. The monoisotopic (exact) mass is 315 g/mol. The quantitative estimate of drug-likeness (QED) is 0.858. The summed E-state index contributed by atoms with van der Waals surface area (Å²) in [5.74, 6) is -0.0680. The molecular formula is C11H13N3O2S3. The second kappa shape index (κ2) is 5.89. The fraction of sp³-hybridized carbons (Fsp3) is 0.273. The standard InChI is InChI=1S/C11H13N3O2S3/c1-8-3-5-9(6-4-8)7-19(15,16)14-10-12-13-11(17-2)18-10/h3-6H,7H2,1-2H3,(H,12,14). The van der Waals surface area contributed by atoms with Crippen LogP contribution in [0.25, 0.3) is 0 Å². The lowest BCUT2D eigenvalue weighted by atomic mass is 10.2. The number of benzene rings is 1.